The topological polar surface area (TPSA) is 26.8 Å². The van der Waals surface area contributed by atoms with Crippen LogP contribution in [0.25, 0.3) is 0 Å². The van der Waals surface area contributed by atoms with Gasteiger partial charge in [0.1, 0.15) is 0 Å². The Labute approximate surface area is 144 Å². The molecular formula is C19H28FN3O. The molecule has 3 rings (SSSR count). The van der Waals surface area contributed by atoms with E-state index in [1.165, 1.54) is 10.5 Å². The second kappa shape index (κ2) is 7.62. The molecule has 0 N–H and O–H groups in total. The molecule has 24 heavy (non-hydrogen) atoms. The van der Waals surface area contributed by atoms with Crippen molar-refractivity contribution in [3.05, 3.63) is 35.9 Å². The van der Waals surface area contributed by atoms with Gasteiger partial charge in [0.2, 0.25) is 5.91 Å². The third kappa shape index (κ3) is 3.95. The van der Waals surface area contributed by atoms with E-state index in [-0.39, 0.29) is 11.4 Å². The van der Waals surface area contributed by atoms with Crippen LogP contribution in [0.5, 0.6) is 0 Å². The first-order valence-electron chi connectivity index (χ1n) is 9.02. The van der Waals surface area contributed by atoms with Crippen molar-refractivity contribution >= 4 is 5.91 Å². The summed E-state index contributed by atoms with van der Waals surface area (Å²) in [4.78, 5) is 18.2. The predicted molar refractivity (Wildman–Crippen MR) is 93.2 cm³/mol. The van der Waals surface area contributed by atoms with Crippen molar-refractivity contribution in [1.29, 1.82) is 0 Å². The number of amides is 1. The van der Waals surface area contributed by atoms with Gasteiger partial charge in [0.25, 0.3) is 0 Å². The minimum Gasteiger partial charge on any atom is -0.313 e. The molecule has 5 heteroatoms. The van der Waals surface area contributed by atoms with Crippen LogP contribution in [0.15, 0.2) is 30.3 Å². The summed E-state index contributed by atoms with van der Waals surface area (Å²) < 4.78 is 13.2. The van der Waals surface area contributed by atoms with Gasteiger partial charge in [-0.15, -0.1) is 0 Å². The van der Waals surface area contributed by atoms with Crippen LogP contribution in [-0.2, 0) is 11.3 Å². The summed E-state index contributed by atoms with van der Waals surface area (Å²) in [5, 5.41) is 0. The Morgan fingerprint density at radius 3 is 2.38 bits per heavy atom. The van der Waals surface area contributed by atoms with E-state index in [0.717, 1.165) is 45.6 Å². The lowest BCUT2D eigenvalue weighted by molar-refractivity contribution is -0.134. The van der Waals surface area contributed by atoms with E-state index in [4.69, 9.17) is 0 Å². The number of carbonyl (C=O) groups excluding carboxylic acids is 1. The summed E-state index contributed by atoms with van der Waals surface area (Å²) in [5.41, 5.74) is 1.39. The lowest BCUT2D eigenvalue weighted by Gasteiger charge is -2.41. The van der Waals surface area contributed by atoms with E-state index in [1.807, 2.05) is 6.07 Å². The molecule has 2 fully saturated rings. The van der Waals surface area contributed by atoms with Gasteiger partial charge in [-0.1, -0.05) is 37.3 Å². The smallest absolute Gasteiger partial charge is 0.224 e. The van der Waals surface area contributed by atoms with Gasteiger partial charge >= 0.3 is 0 Å². The van der Waals surface area contributed by atoms with Crippen LogP contribution in [0, 0.1) is 0 Å². The summed E-state index contributed by atoms with van der Waals surface area (Å²) in [6, 6.07) is 10.6. The second-order valence-corrected chi connectivity index (χ2v) is 7.04. The number of carbonyl (C=O) groups is 1. The molecular weight excluding hydrogens is 305 g/mol. The molecule has 1 saturated heterocycles. The first-order valence-corrected chi connectivity index (χ1v) is 9.02. The molecule has 1 aromatic carbocycles. The zero-order valence-electron chi connectivity index (χ0n) is 14.6. The zero-order chi connectivity index (χ0) is 17.0. The van der Waals surface area contributed by atoms with Crippen molar-refractivity contribution in [2.45, 2.75) is 38.3 Å². The zero-order valence-corrected chi connectivity index (χ0v) is 14.6. The number of hydrogen-bond donors (Lipinski definition) is 0. The molecule has 0 spiro atoms. The lowest BCUT2D eigenvalue weighted by atomic mass is 10.1. The molecule has 0 radical (unpaired) electrons. The number of alkyl halides is 1. The Morgan fingerprint density at radius 1 is 1.17 bits per heavy atom. The molecule has 0 aromatic heterocycles. The van der Waals surface area contributed by atoms with Crippen molar-refractivity contribution in [2.75, 3.05) is 39.5 Å². The minimum absolute atomic E-state index is 0.0375. The molecule has 0 bridgehead atoms. The van der Waals surface area contributed by atoms with E-state index in [9.17, 15) is 9.18 Å². The molecule has 4 nitrogen and oxygen atoms in total. The summed E-state index contributed by atoms with van der Waals surface area (Å²) >= 11 is 0. The van der Waals surface area contributed by atoms with Crippen LogP contribution in [-0.4, -0.2) is 65.7 Å². The highest BCUT2D eigenvalue weighted by atomic mass is 19.1. The van der Waals surface area contributed by atoms with Gasteiger partial charge in [-0.05, 0) is 18.4 Å². The Morgan fingerprint density at radius 2 is 1.83 bits per heavy atom. The number of halogens is 1. The fraction of sp³-hybridized carbons (Fsp3) is 0.632. The van der Waals surface area contributed by atoms with Crippen LogP contribution < -0.4 is 0 Å². The Kier molecular flexibility index (Phi) is 5.51. The molecule has 1 aromatic rings. The number of rotatable bonds is 7. The molecule has 1 aliphatic heterocycles. The van der Waals surface area contributed by atoms with E-state index >= 15 is 0 Å². The van der Waals surface area contributed by atoms with Gasteiger partial charge in [0, 0.05) is 51.2 Å². The Balaban J connectivity index is 1.51. The summed E-state index contributed by atoms with van der Waals surface area (Å²) in [5.74, 6) is -0.0773. The van der Waals surface area contributed by atoms with Crippen LogP contribution in [0.1, 0.15) is 31.7 Å². The van der Waals surface area contributed by atoms with Crippen molar-refractivity contribution in [1.82, 2.24) is 14.7 Å². The maximum atomic E-state index is 13.2. The average Bonchev–Trinajstić information content (AvgIpc) is 3.41. The first kappa shape index (κ1) is 17.4. The highest BCUT2D eigenvalue weighted by Crippen LogP contribution is 2.43. The highest BCUT2D eigenvalue weighted by Gasteiger charge is 2.49. The predicted octanol–water partition coefficient (Wildman–Crippen LogP) is 2.50. The summed E-state index contributed by atoms with van der Waals surface area (Å²) in [7, 11) is 0. The molecule has 1 amide bonds. The van der Waals surface area contributed by atoms with Crippen LogP contribution in [0.2, 0.25) is 0 Å². The minimum atomic E-state index is -0.664. The average molecular weight is 333 g/mol. The van der Waals surface area contributed by atoms with Crippen LogP contribution >= 0.6 is 0 Å². The quantitative estimate of drug-likeness (QED) is 0.718. The Hall–Kier alpha value is -1.46. The summed E-state index contributed by atoms with van der Waals surface area (Å²) in [6.07, 6.45) is 2.54. The molecule has 1 saturated carbocycles. The standard InChI is InChI=1S/C19H28FN3O/c1-2-18(24)22(16-20)15-19(8-9-19)23-12-10-21(11-13-23)14-17-6-4-3-5-7-17/h3-7H,2,8-16H2,1H3. The van der Waals surface area contributed by atoms with Crippen molar-refractivity contribution < 1.29 is 9.18 Å². The number of hydrogen-bond acceptors (Lipinski definition) is 3. The van der Waals surface area contributed by atoms with Gasteiger partial charge in [0.05, 0.1) is 0 Å². The molecule has 0 atom stereocenters. The van der Waals surface area contributed by atoms with Crippen molar-refractivity contribution in [2.24, 2.45) is 0 Å². The third-order valence-electron chi connectivity index (χ3n) is 5.40. The van der Waals surface area contributed by atoms with Crippen molar-refractivity contribution in [3.8, 4) is 0 Å². The van der Waals surface area contributed by atoms with E-state index in [0.29, 0.717) is 13.0 Å². The number of benzene rings is 1. The molecule has 0 unspecified atom stereocenters. The monoisotopic (exact) mass is 333 g/mol. The maximum Gasteiger partial charge on any atom is 0.224 e. The van der Waals surface area contributed by atoms with Gasteiger partial charge in [-0.3, -0.25) is 14.6 Å². The van der Waals surface area contributed by atoms with Gasteiger partial charge in [-0.25, -0.2) is 4.39 Å². The first-order chi connectivity index (χ1) is 11.7. The molecule has 2 aliphatic rings. The summed E-state index contributed by atoms with van der Waals surface area (Å²) in [6.45, 7) is 6.76. The molecule has 132 valence electrons. The third-order valence-corrected chi connectivity index (χ3v) is 5.40. The van der Waals surface area contributed by atoms with Gasteiger partial charge in [-0.2, -0.15) is 0 Å². The maximum absolute atomic E-state index is 13.2. The van der Waals surface area contributed by atoms with Crippen LogP contribution in [0.4, 0.5) is 4.39 Å². The van der Waals surface area contributed by atoms with Crippen LogP contribution in [0.3, 0.4) is 0 Å². The van der Waals surface area contributed by atoms with E-state index in [1.54, 1.807) is 6.92 Å². The fourth-order valence-corrected chi connectivity index (χ4v) is 3.72. The normalized spacial score (nSPS) is 20.8. The largest absolute Gasteiger partial charge is 0.313 e. The van der Waals surface area contributed by atoms with E-state index < -0.39 is 6.80 Å². The number of piperazine rings is 1. The number of nitrogens with zero attached hydrogens (tertiary/aromatic N) is 3. The van der Waals surface area contributed by atoms with Crippen molar-refractivity contribution in [3.63, 3.8) is 0 Å². The fourth-order valence-electron chi connectivity index (χ4n) is 3.72. The Bertz CT molecular complexity index is 539. The lowest BCUT2D eigenvalue weighted by Crippen LogP contribution is -2.55. The molecule has 1 heterocycles. The van der Waals surface area contributed by atoms with Gasteiger partial charge < -0.3 is 4.90 Å². The second-order valence-electron chi connectivity index (χ2n) is 7.04. The molecule has 1 aliphatic carbocycles. The van der Waals surface area contributed by atoms with E-state index in [2.05, 4.69) is 34.1 Å². The SMILES string of the molecule is CCC(=O)N(CF)CC1(N2CCN(Cc3ccccc3)CC2)CC1. The highest BCUT2D eigenvalue weighted by molar-refractivity contribution is 5.75. The van der Waals surface area contributed by atoms with Gasteiger partial charge in [0.15, 0.2) is 6.80 Å².